The largest absolute Gasteiger partial charge is 0.0884 e. The Labute approximate surface area is 108 Å². The third kappa shape index (κ3) is 2.68. The van der Waals surface area contributed by atoms with Crippen molar-refractivity contribution in [3.8, 4) is 0 Å². The molecule has 1 aromatic carbocycles. The average molecular weight is 281 g/mol. The quantitative estimate of drug-likeness (QED) is 0.697. The highest BCUT2D eigenvalue weighted by molar-refractivity contribution is 9.09. The van der Waals surface area contributed by atoms with Crippen LogP contribution in [0.25, 0.3) is 0 Å². The number of hydrogen-bond donors (Lipinski definition) is 0. The van der Waals surface area contributed by atoms with Crippen molar-refractivity contribution < 1.29 is 0 Å². The first kappa shape index (κ1) is 12.2. The molecule has 0 N–H and O–H groups in total. The van der Waals surface area contributed by atoms with E-state index in [0.29, 0.717) is 10.2 Å². The van der Waals surface area contributed by atoms with Gasteiger partial charge in [0.05, 0.1) is 0 Å². The van der Waals surface area contributed by atoms with Gasteiger partial charge in [-0.25, -0.2) is 0 Å². The fourth-order valence-corrected chi connectivity index (χ4v) is 4.36. The highest BCUT2D eigenvalue weighted by Crippen LogP contribution is 2.46. The van der Waals surface area contributed by atoms with Crippen LogP contribution in [-0.2, 0) is 6.42 Å². The second-order valence-corrected chi connectivity index (χ2v) is 6.87. The summed E-state index contributed by atoms with van der Waals surface area (Å²) < 4.78 is 0. The number of rotatable bonds is 3. The molecule has 2 rings (SSSR count). The van der Waals surface area contributed by atoms with Crippen LogP contribution in [0, 0.1) is 11.3 Å². The fraction of sp³-hybridized carbons (Fsp3) is 0.600. The van der Waals surface area contributed by atoms with Crippen LogP contribution in [0.5, 0.6) is 0 Å². The summed E-state index contributed by atoms with van der Waals surface area (Å²) in [7, 11) is 0. The summed E-state index contributed by atoms with van der Waals surface area (Å²) in [5.74, 6) is 0.827. The smallest absolute Gasteiger partial charge is 0.0219 e. The normalized spacial score (nSPS) is 25.6. The zero-order chi connectivity index (χ0) is 11.6. The minimum atomic E-state index is 0.517. The van der Waals surface area contributed by atoms with Gasteiger partial charge in [0, 0.05) is 4.83 Å². The van der Waals surface area contributed by atoms with Crippen molar-refractivity contribution in [3.63, 3.8) is 0 Å². The summed E-state index contributed by atoms with van der Waals surface area (Å²) in [5, 5.41) is 0. The van der Waals surface area contributed by atoms with E-state index in [4.69, 9.17) is 0 Å². The van der Waals surface area contributed by atoms with Crippen LogP contribution in [0.1, 0.15) is 38.7 Å². The molecule has 16 heavy (non-hydrogen) atoms. The molecule has 1 aromatic rings. The van der Waals surface area contributed by atoms with Crippen LogP contribution < -0.4 is 0 Å². The summed E-state index contributed by atoms with van der Waals surface area (Å²) in [6.07, 6.45) is 5.33. The van der Waals surface area contributed by atoms with Gasteiger partial charge in [0.15, 0.2) is 0 Å². The van der Waals surface area contributed by atoms with Crippen molar-refractivity contribution in [2.24, 2.45) is 11.3 Å². The van der Waals surface area contributed by atoms with E-state index in [-0.39, 0.29) is 0 Å². The molecule has 0 amide bonds. The van der Waals surface area contributed by atoms with E-state index in [1.807, 2.05) is 0 Å². The summed E-state index contributed by atoms with van der Waals surface area (Å²) in [6.45, 7) is 4.84. The topological polar surface area (TPSA) is 0 Å². The van der Waals surface area contributed by atoms with Crippen LogP contribution in [0.15, 0.2) is 30.3 Å². The molecule has 88 valence electrons. The summed E-state index contributed by atoms with van der Waals surface area (Å²) >= 11 is 3.92. The Morgan fingerprint density at radius 1 is 1.31 bits per heavy atom. The highest BCUT2D eigenvalue weighted by Gasteiger charge is 2.38. The number of alkyl halides is 1. The molecule has 1 heteroatoms. The Morgan fingerprint density at radius 3 is 2.56 bits per heavy atom. The van der Waals surface area contributed by atoms with Crippen molar-refractivity contribution in [3.05, 3.63) is 35.9 Å². The van der Waals surface area contributed by atoms with Gasteiger partial charge in [-0.1, -0.05) is 66.5 Å². The van der Waals surface area contributed by atoms with Gasteiger partial charge in [0.25, 0.3) is 0 Å². The Kier molecular flexibility index (Phi) is 3.73. The van der Waals surface area contributed by atoms with Crippen molar-refractivity contribution in [2.45, 2.75) is 44.4 Å². The lowest BCUT2D eigenvalue weighted by atomic mass is 9.79. The SMILES string of the molecule is CC1(C)CCCC1C(Br)Cc1ccccc1. The molecule has 0 saturated heterocycles. The number of benzene rings is 1. The van der Waals surface area contributed by atoms with Crippen LogP contribution >= 0.6 is 15.9 Å². The molecule has 0 nitrogen and oxygen atoms in total. The highest BCUT2D eigenvalue weighted by atomic mass is 79.9. The Bertz CT molecular complexity index is 329. The molecule has 1 saturated carbocycles. The molecule has 1 aliphatic rings. The molecule has 0 heterocycles. The lowest BCUT2D eigenvalue weighted by molar-refractivity contribution is 0.255. The molecule has 1 aliphatic carbocycles. The Morgan fingerprint density at radius 2 is 2.00 bits per heavy atom. The lowest BCUT2D eigenvalue weighted by Crippen LogP contribution is -2.27. The third-order valence-electron chi connectivity index (χ3n) is 4.05. The maximum absolute atomic E-state index is 3.92. The molecule has 0 spiro atoms. The molecule has 2 unspecified atom stereocenters. The molecule has 0 aromatic heterocycles. The van der Waals surface area contributed by atoms with E-state index in [2.05, 4.69) is 60.1 Å². The molecule has 2 atom stereocenters. The molecular weight excluding hydrogens is 260 g/mol. The lowest BCUT2D eigenvalue weighted by Gasteiger charge is -2.31. The molecule has 0 aliphatic heterocycles. The van der Waals surface area contributed by atoms with Crippen molar-refractivity contribution in [1.29, 1.82) is 0 Å². The zero-order valence-corrected chi connectivity index (χ0v) is 11.8. The average Bonchev–Trinajstić information content (AvgIpc) is 2.59. The fourth-order valence-electron chi connectivity index (χ4n) is 3.01. The van der Waals surface area contributed by atoms with Gasteiger partial charge in [0.1, 0.15) is 0 Å². The van der Waals surface area contributed by atoms with Crippen molar-refractivity contribution in [2.75, 3.05) is 0 Å². The molecule has 0 radical (unpaired) electrons. The first-order valence-electron chi connectivity index (χ1n) is 6.27. The van der Waals surface area contributed by atoms with E-state index in [1.165, 1.54) is 24.8 Å². The van der Waals surface area contributed by atoms with Gasteiger partial charge in [0.2, 0.25) is 0 Å². The maximum Gasteiger partial charge on any atom is 0.0219 e. The standard InChI is InChI=1S/C15H21Br/c1-15(2)10-6-9-13(15)14(16)11-12-7-4-3-5-8-12/h3-5,7-8,13-14H,6,9-11H2,1-2H3. The summed E-state index contributed by atoms with van der Waals surface area (Å²) in [4.78, 5) is 0.632. The summed E-state index contributed by atoms with van der Waals surface area (Å²) in [5.41, 5.74) is 1.97. The van der Waals surface area contributed by atoms with Gasteiger partial charge in [-0.05, 0) is 36.2 Å². The van der Waals surface area contributed by atoms with Crippen LogP contribution in [0.3, 0.4) is 0 Å². The van der Waals surface area contributed by atoms with Crippen LogP contribution in [-0.4, -0.2) is 4.83 Å². The van der Waals surface area contributed by atoms with Gasteiger partial charge in [-0.3, -0.25) is 0 Å². The maximum atomic E-state index is 3.92. The van der Waals surface area contributed by atoms with Gasteiger partial charge in [-0.15, -0.1) is 0 Å². The van der Waals surface area contributed by atoms with Gasteiger partial charge < -0.3 is 0 Å². The monoisotopic (exact) mass is 280 g/mol. The molecule has 0 bridgehead atoms. The second kappa shape index (κ2) is 4.91. The number of hydrogen-bond acceptors (Lipinski definition) is 0. The Balaban J connectivity index is 2.01. The minimum Gasteiger partial charge on any atom is -0.0884 e. The van der Waals surface area contributed by atoms with E-state index >= 15 is 0 Å². The second-order valence-electron chi connectivity index (χ2n) is 5.69. The van der Waals surface area contributed by atoms with E-state index in [0.717, 1.165) is 12.3 Å². The first-order chi connectivity index (χ1) is 7.59. The predicted octanol–water partition coefficient (Wildman–Crippen LogP) is 4.82. The van der Waals surface area contributed by atoms with E-state index < -0.39 is 0 Å². The predicted molar refractivity (Wildman–Crippen MR) is 74.0 cm³/mol. The van der Waals surface area contributed by atoms with Crippen LogP contribution in [0.2, 0.25) is 0 Å². The third-order valence-corrected chi connectivity index (χ3v) is 5.01. The van der Waals surface area contributed by atoms with E-state index in [1.54, 1.807) is 0 Å². The molecule has 1 fully saturated rings. The first-order valence-corrected chi connectivity index (χ1v) is 7.19. The van der Waals surface area contributed by atoms with E-state index in [9.17, 15) is 0 Å². The Hall–Kier alpha value is -0.300. The van der Waals surface area contributed by atoms with Gasteiger partial charge in [-0.2, -0.15) is 0 Å². The minimum absolute atomic E-state index is 0.517. The zero-order valence-electron chi connectivity index (χ0n) is 10.2. The van der Waals surface area contributed by atoms with Gasteiger partial charge >= 0.3 is 0 Å². The van der Waals surface area contributed by atoms with Crippen molar-refractivity contribution >= 4 is 15.9 Å². The van der Waals surface area contributed by atoms with Crippen LogP contribution in [0.4, 0.5) is 0 Å². The molecular formula is C15H21Br. The number of halogens is 1. The van der Waals surface area contributed by atoms with Crippen molar-refractivity contribution in [1.82, 2.24) is 0 Å². The summed E-state index contributed by atoms with van der Waals surface area (Å²) in [6, 6.07) is 10.8.